The molecule has 1 amide bonds. The van der Waals surface area contributed by atoms with Crippen LogP contribution < -0.4 is 5.32 Å². The van der Waals surface area contributed by atoms with Crippen LogP contribution in [-0.4, -0.2) is 39.7 Å². The number of amides is 1. The van der Waals surface area contributed by atoms with Crippen LogP contribution in [0.4, 0.5) is 0 Å². The molecule has 7 nitrogen and oxygen atoms in total. The van der Waals surface area contributed by atoms with E-state index in [1.54, 1.807) is 23.8 Å². The lowest BCUT2D eigenvalue weighted by Gasteiger charge is -2.06. The summed E-state index contributed by atoms with van der Waals surface area (Å²) in [7, 11) is 0. The molecular formula is C13H14N2O5S. The molecule has 8 heteroatoms. The predicted molar refractivity (Wildman–Crippen MR) is 74.8 cm³/mol. The number of nitrogens with one attached hydrogen (secondary N) is 1. The molecule has 0 bridgehead atoms. The first-order valence-corrected chi connectivity index (χ1v) is 7.10. The first kappa shape index (κ1) is 15.2. The Balaban J connectivity index is 1.79. The van der Waals surface area contributed by atoms with Crippen molar-refractivity contribution in [2.75, 3.05) is 6.54 Å². The van der Waals surface area contributed by atoms with E-state index < -0.39 is 12.1 Å². The number of carbonyl (C=O) groups excluding carboxylic acids is 1. The Labute approximate surface area is 124 Å². The van der Waals surface area contributed by atoms with Crippen molar-refractivity contribution < 1.29 is 24.2 Å². The van der Waals surface area contributed by atoms with Gasteiger partial charge in [0.05, 0.1) is 18.4 Å². The van der Waals surface area contributed by atoms with Gasteiger partial charge in [0.25, 0.3) is 0 Å². The average molecular weight is 310 g/mol. The van der Waals surface area contributed by atoms with E-state index in [1.807, 2.05) is 0 Å². The normalized spacial score (nSPS) is 12.0. The molecule has 0 spiro atoms. The molecule has 0 fully saturated rings. The molecule has 2 heterocycles. The summed E-state index contributed by atoms with van der Waals surface area (Å²) < 4.78 is 5.22. The summed E-state index contributed by atoms with van der Waals surface area (Å²) in [6, 6.07) is 3.55. The van der Waals surface area contributed by atoms with Crippen LogP contribution >= 0.6 is 11.3 Å². The Kier molecular flexibility index (Phi) is 5.07. The number of furan rings is 1. The maximum Gasteiger partial charge on any atom is 0.332 e. The van der Waals surface area contributed by atoms with Crippen molar-refractivity contribution in [3.8, 4) is 10.8 Å². The SMILES string of the molecule is O=C(Cc1csc(-c2ccco2)n1)NCCC(O)C(=O)O. The van der Waals surface area contributed by atoms with Gasteiger partial charge < -0.3 is 19.9 Å². The molecule has 0 aliphatic heterocycles. The number of aliphatic hydroxyl groups is 1. The molecule has 3 N–H and O–H groups in total. The van der Waals surface area contributed by atoms with Gasteiger partial charge in [-0.15, -0.1) is 11.3 Å². The molecule has 0 aromatic carbocycles. The molecule has 2 aromatic rings. The second kappa shape index (κ2) is 7.00. The number of hydrogen-bond acceptors (Lipinski definition) is 6. The van der Waals surface area contributed by atoms with Gasteiger partial charge in [-0.1, -0.05) is 0 Å². The number of carboxylic acids is 1. The van der Waals surface area contributed by atoms with Crippen LogP contribution in [0.1, 0.15) is 12.1 Å². The third-order valence-corrected chi connectivity index (χ3v) is 3.56. The summed E-state index contributed by atoms with van der Waals surface area (Å²) in [6.07, 6.45) is 0.155. The molecule has 1 unspecified atom stereocenters. The summed E-state index contributed by atoms with van der Waals surface area (Å²) in [5, 5.41) is 22.6. The quantitative estimate of drug-likeness (QED) is 0.700. The van der Waals surface area contributed by atoms with Gasteiger partial charge in [0.15, 0.2) is 16.9 Å². The van der Waals surface area contributed by atoms with Crippen molar-refractivity contribution in [2.24, 2.45) is 0 Å². The van der Waals surface area contributed by atoms with Gasteiger partial charge in [0.2, 0.25) is 5.91 Å². The number of nitrogens with zero attached hydrogens (tertiary/aromatic N) is 1. The van der Waals surface area contributed by atoms with E-state index in [9.17, 15) is 9.59 Å². The van der Waals surface area contributed by atoms with Crippen LogP contribution in [-0.2, 0) is 16.0 Å². The Morgan fingerprint density at radius 3 is 2.95 bits per heavy atom. The number of carbonyl (C=O) groups is 2. The highest BCUT2D eigenvalue weighted by Crippen LogP contribution is 2.23. The van der Waals surface area contributed by atoms with Gasteiger partial charge in [-0.25, -0.2) is 9.78 Å². The number of thiazole rings is 1. The van der Waals surface area contributed by atoms with Gasteiger partial charge in [-0.2, -0.15) is 0 Å². The number of aromatic nitrogens is 1. The molecule has 0 radical (unpaired) electrons. The lowest BCUT2D eigenvalue weighted by Crippen LogP contribution is -2.31. The fraction of sp³-hybridized carbons (Fsp3) is 0.308. The molecule has 21 heavy (non-hydrogen) atoms. The van der Waals surface area contributed by atoms with Crippen molar-refractivity contribution in [2.45, 2.75) is 18.9 Å². The van der Waals surface area contributed by atoms with E-state index in [1.165, 1.54) is 11.3 Å². The van der Waals surface area contributed by atoms with Crippen molar-refractivity contribution in [3.63, 3.8) is 0 Å². The second-order valence-electron chi connectivity index (χ2n) is 4.29. The van der Waals surface area contributed by atoms with Gasteiger partial charge in [0, 0.05) is 18.3 Å². The highest BCUT2D eigenvalue weighted by atomic mass is 32.1. The smallest absolute Gasteiger partial charge is 0.332 e. The minimum Gasteiger partial charge on any atom is -0.479 e. The van der Waals surface area contributed by atoms with Crippen LogP contribution in [0.2, 0.25) is 0 Å². The van der Waals surface area contributed by atoms with Gasteiger partial charge in [-0.05, 0) is 12.1 Å². The van der Waals surface area contributed by atoms with E-state index >= 15 is 0 Å². The first-order valence-electron chi connectivity index (χ1n) is 6.22. The van der Waals surface area contributed by atoms with E-state index in [-0.39, 0.29) is 25.3 Å². The van der Waals surface area contributed by atoms with E-state index in [0.717, 1.165) is 0 Å². The lowest BCUT2D eigenvalue weighted by molar-refractivity contribution is -0.147. The average Bonchev–Trinajstić information content (AvgIpc) is 3.08. The van der Waals surface area contributed by atoms with Gasteiger partial charge in [0.1, 0.15) is 0 Å². The highest BCUT2D eigenvalue weighted by molar-refractivity contribution is 7.13. The van der Waals surface area contributed by atoms with Gasteiger partial charge in [-0.3, -0.25) is 4.79 Å². The Bertz CT molecular complexity index is 608. The molecule has 112 valence electrons. The number of carboxylic acid groups (broad SMARTS) is 1. The molecule has 0 saturated carbocycles. The van der Waals surface area contributed by atoms with Gasteiger partial charge >= 0.3 is 5.97 Å². The standard InChI is InChI=1S/C13H14N2O5S/c16-9(13(18)19)3-4-14-11(17)6-8-7-21-12(15-8)10-2-1-5-20-10/h1-2,5,7,9,16H,3-4,6H2,(H,14,17)(H,18,19). The van der Waals surface area contributed by atoms with Crippen LogP contribution in [0, 0.1) is 0 Å². The number of aliphatic carboxylic acids is 1. The summed E-state index contributed by atoms with van der Waals surface area (Å²) in [6.45, 7) is 0.0987. The van der Waals surface area contributed by atoms with Crippen LogP contribution in [0.25, 0.3) is 10.8 Å². The zero-order valence-electron chi connectivity index (χ0n) is 11.0. The minimum atomic E-state index is -1.46. The third kappa shape index (κ3) is 4.40. The number of aliphatic hydroxyl groups excluding tert-OH is 1. The first-order chi connectivity index (χ1) is 10.1. The Hall–Kier alpha value is -2.19. The summed E-state index contributed by atoms with van der Waals surface area (Å²) in [5.74, 6) is -0.924. The van der Waals surface area contributed by atoms with Crippen molar-refractivity contribution in [1.82, 2.24) is 10.3 Å². The number of rotatable bonds is 7. The lowest BCUT2D eigenvalue weighted by atomic mass is 10.2. The fourth-order valence-electron chi connectivity index (χ4n) is 1.60. The second-order valence-corrected chi connectivity index (χ2v) is 5.15. The van der Waals surface area contributed by atoms with E-state index in [4.69, 9.17) is 14.6 Å². The zero-order chi connectivity index (χ0) is 15.2. The van der Waals surface area contributed by atoms with Crippen LogP contribution in [0.15, 0.2) is 28.2 Å². The minimum absolute atomic E-state index is 0.0320. The molecule has 0 saturated heterocycles. The molecule has 2 rings (SSSR count). The molecule has 1 atom stereocenters. The molecule has 2 aromatic heterocycles. The molecule has 0 aliphatic carbocycles. The van der Waals surface area contributed by atoms with Crippen molar-refractivity contribution in [3.05, 3.63) is 29.5 Å². The predicted octanol–water partition coefficient (Wildman–Crippen LogP) is 0.897. The fourth-order valence-corrected chi connectivity index (χ4v) is 2.39. The van der Waals surface area contributed by atoms with Crippen molar-refractivity contribution >= 4 is 23.2 Å². The van der Waals surface area contributed by atoms with Crippen LogP contribution in [0.3, 0.4) is 0 Å². The topological polar surface area (TPSA) is 113 Å². The zero-order valence-corrected chi connectivity index (χ0v) is 11.8. The summed E-state index contributed by atoms with van der Waals surface area (Å²) >= 11 is 1.38. The largest absolute Gasteiger partial charge is 0.479 e. The Morgan fingerprint density at radius 2 is 2.29 bits per heavy atom. The summed E-state index contributed by atoms with van der Waals surface area (Å²) in [5.41, 5.74) is 0.614. The molecular weight excluding hydrogens is 296 g/mol. The van der Waals surface area contributed by atoms with Crippen molar-refractivity contribution in [1.29, 1.82) is 0 Å². The van der Waals surface area contributed by atoms with E-state index in [2.05, 4.69) is 10.3 Å². The Morgan fingerprint density at radius 1 is 1.48 bits per heavy atom. The molecule has 0 aliphatic rings. The monoisotopic (exact) mass is 310 g/mol. The van der Waals surface area contributed by atoms with Crippen LogP contribution in [0.5, 0.6) is 0 Å². The summed E-state index contributed by atoms with van der Waals surface area (Å²) in [4.78, 5) is 26.3. The highest BCUT2D eigenvalue weighted by Gasteiger charge is 2.14. The maximum atomic E-state index is 11.7. The number of hydrogen-bond donors (Lipinski definition) is 3. The van der Waals surface area contributed by atoms with E-state index in [0.29, 0.717) is 16.5 Å². The third-order valence-electron chi connectivity index (χ3n) is 2.65. The maximum absolute atomic E-state index is 11.7.